The lowest BCUT2D eigenvalue weighted by Crippen LogP contribution is -2.37. The first-order valence-corrected chi connectivity index (χ1v) is 12.7. The summed E-state index contributed by atoms with van der Waals surface area (Å²) in [5.74, 6) is 0.770. The van der Waals surface area contributed by atoms with Crippen molar-refractivity contribution < 1.29 is 9.53 Å². The molecule has 1 fully saturated rings. The molecule has 8 heteroatoms. The first-order valence-electron chi connectivity index (χ1n) is 12.3. The van der Waals surface area contributed by atoms with Crippen LogP contribution in [0.1, 0.15) is 40.0 Å². The third-order valence-corrected chi connectivity index (χ3v) is 6.54. The number of hydrogen-bond acceptors (Lipinski definition) is 5. The number of carbonyl (C=O) groups is 1. The molecule has 35 heavy (non-hydrogen) atoms. The lowest BCUT2D eigenvalue weighted by molar-refractivity contribution is -0.122. The number of rotatable bonds is 9. The number of carbonyl (C=O) groups excluding carboxylic acids is 1. The van der Waals surface area contributed by atoms with Crippen molar-refractivity contribution >= 4 is 28.4 Å². The maximum absolute atomic E-state index is 13.6. The van der Waals surface area contributed by atoms with Gasteiger partial charge in [0.05, 0.1) is 17.5 Å². The van der Waals surface area contributed by atoms with Crippen molar-refractivity contribution in [1.29, 1.82) is 0 Å². The van der Waals surface area contributed by atoms with Gasteiger partial charge in [0.25, 0.3) is 5.56 Å². The fourth-order valence-corrected chi connectivity index (χ4v) is 4.77. The van der Waals surface area contributed by atoms with Crippen molar-refractivity contribution in [2.24, 2.45) is 0 Å². The molecule has 7 nitrogen and oxygen atoms in total. The Balaban J connectivity index is 1.61. The molecule has 0 radical (unpaired) electrons. The zero-order valence-electron chi connectivity index (χ0n) is 20.6. The molecule has 2 heterocycles. The van der Waals surface area contributed by atoms with Crippen molar-refractivity contribution in [2.75, 3.05) is 19.7 Å². The van der Waals surface area contributed by atoms with Gasteiger partial charge in [-0.05, 0) is 76.9 Å². The quantitative estimate of drug-likeness (QED) is 0.441. The molecule has 1 unspecified atom stereocenters. The van der Waals surface area contributed by atoms with Crippen LogP contribution in [0.15, 0.2) is 47.3 Å². The van der Waals surface area contributed by atoms with Crippen LogP contribution in [0, 0.1) is 0 Å². The van der Waals surface area contributed by atoms with E-state index in [1.165, 1.54) is 17.4 Å². The van der Waals surface area contributed by atoms with Crippen molar-refractivity contribution in [3.63, 3.8) is 0 Å². The SMILES string of the molecule is CC(C)NC(=O)Cn1c(-c2cccc(Cl)c2)nc2ccc(OCCCN3CCCC3C)cc2c1=O. The van der Waals surface area contributed by atoms with E-state index in [-0.39, 0.29) is 24.1 Å². The second-order valence-electron chi connectivity index (χ2n) is 9.47. The number of hydrogen-bond donors (Lipinski definition) is 1. The van der Waals surface area contributed by atoms with Gasteiger partial charge in [-0.25, -0.2) is 4.98 Å². The normalized spacial score (nSPS) is 16.2. The first kappa shape index (κ1) is 25.2. The lowest BCUT2D eigenvalue weighted by atomic mass is 10.1. The van der Waals surface area contributed by atoms with E-state index < -0.39 is 0 Å². The fraction of sp³-hybridized carbons (Fsp3) is 0.444. The minimum Gasteiger partial charge on any atom is -0.494 e. The van der Waals surface area contributed by atoms with E-state index in [9.17, 15) is 9.59 Å². The highest BCUT2D eigenvalue weighted by atomic mass is 35.5. The Morgan fingerprint density at radius 3 is 2.80 bits per heavy atom. The largest absolute Gasteiger partial charge is 0.494 e. The van der Waals surface area contributed by atoms with E-state index in [2.05, 4.69) is 17.1 Å². The summed E-state index contributed by atoms with van der Waals surface area (Å²) in [6, 6.07) is 13.1. The minimum absolute atomic E-state index is 0.0372. The number of fused-ring (bicyclic) bond motifs is 1. The maximum Gasteiger partial charge on any atom is 0.262 e. The van der Waals surface area contributed by atoms with Crippen molar-refractivity contribution in [2.45, 2.75) is 58.7 Å². The van der Waals surface area contributed by atoms with Crippen LogP contribution in [0.5, 0.6) is 5.75 Å². The van der Waals surface area contributed by atoms with Crippen LogP contribution in [0.2, 0.25) is 5.02 Å². The highest BCUT2D eigenvalue weighted by Crippen LogP contribution is 2.24. The summed E-state index contributed by atoms with van der Waals surface area (Å²) in [6.45, 7) is 8.64. The molecule has 1 atom stereocenters. The van der Waals surface area contributed by atoms with Gasteiger partial charge in [0, 0.05) is 29.2 Å². The van der Waals surface area contributed by atoms with E-state index in [0.717, 1.165) is 19.5 Å². The molecule has 0 aliphatic carbocycles. The first-order chi connectivity index (χ1) is 16.8. The monoisotopic (exact) mass is 496 g/mol. The Kier molecular flexibility index (Phi) is 8.08. The highest BCUT2D eigenvalue weighted by Gasteiger charge is 2.19. The van der Waals surface area contributed by atoms with Crippen LogP contribution in [-0.4, -0.2) is 52.1 Å². The van der Waals surface area contributed by atoms with Crippen molar-refractivity contribution in [1.82, 2.24) is 19.8 Å². The van der Waals surface area contributed by atoms with E-state index in [1.807, 2.05) is 26.0 Å². The van der Waals surface area contributed by atoms with Gasteiger partial charge in [-0.3, -0.25) is 14.2 Å². The highest BCUT2D eigenvalue weighted by molar-refractivity contribution is 6.30. The number of aromatic nitrogens is 2. The molecule has 4 rings (SSSR count). The summed E-state index contributed by atoms with van der Waals surface area (Å²) in [6.07, 6.45) is 3.45. The average Bonchev–Trinajstić information content (AvgIpc) is 3.22. The summed E-state index contributed by atoms with van der Waals surface area (Å²) in [5, 5.41) is 3.79. The molecule has 1 amide bonds. The van der Waals surface area contributed by atoms with Crippen LogP contribution in [0.4, 0.5) is 0 Å². The summed E-state index contributed by atoms with van der Waals surface area (Å²) in [7, 11) is 0. The molecule has 2 aromatic carbocycles. The van der Waals surface area contributed by atoms with Gasteiger partial charge in [0.2, 0.25) is 5.91 Å². The minimum atomic E-state index is -0.291. The van der Waals surface area contributed by atoms with Crippen molar-refractivity contribution in [3.8, 4) is 17.1 Å². The molecule has 186 valence electrons. The topological polar surface area (TPSA) is 76.5 Å². The second-order valence-corrected chi connectivity index (χ2v) is 9.90. The Labute approximate surface area is 211 Å². The zero-order chi connectivity index (χ0) is 24.9. The predicted molar refractivity (Wildman–Crippen MR) is 140 cm³/mol. The van der Waals surface area contributed by atoms with Gasteiger partial charge in [-0.15, -0.1) is 0 Å². The van der Waals surface area contributed by atoms with Crippen molar-refractivity contribution in [3.05, 3.63) is 57.8 Å². The fourth-order valence-electron chi connectivity index (χ4n) is 4.58. The van der Waals surface area contributed by atoms with Gasteiger partial charge in [0.15, 0.2) is 0 Å². The number of nitrogens with zero attached hydrogens (tertiary/aromatic N) is 3. The Bertz CT molecular complexity index is 1260. The summed E-state index contributed by atoms with van der Waals surface area (Å²) >= 11 is 6.20. The average molecular weight is 497 g/mol. The molecular formula is C27H33ClN4O3. The number of ether oxygens (including phenoxy) is 1. The number of amides is 1. The predicted octanol–water partition coefficient (Wildman–Crippen LogP) is 4.49. The smallest absolute Gasteiger partial charge is 0.262 e. The summed E-state index contributed by atoms with van der Waals surface area (Å²) < 4.78 is 7.38. The van der Waals surface area contributed by atoms with Gasteiger partial charge in [-0.1, -0.05) is 23.7 Å². The second kappa shape index (κ2) is 11.2. The Morgan fingerprint density at radius 2 is 2.09 bits per heavy atom. The van der Waals surface area contributed by atoms with Gasteiger partial charge in [-0.2, -0.15) is 0 Å². The van der Waals surface area contributed by atoms with E-state index >= 15 is 0 Å². The van der Waals surface area contributed by atoms with Gasteiger partial charge < -0.3 is 15.0 Å². The molecule has 3 aromatic rings. The molecule has 1 aliphatic heterocycles. The van der Waals surface area contributed by atoms with Crippen LogP contribution >= 0.6 is 11.6 Å². The molecule has 1 N–H and O–H groups in total. The number of nitrogens with one attached hydrogen (secondary N) is 1. The molecule has 1 aliphatic rings. The van der Waals surface area contributed by atoms with E-state index in [4.69, 9.17) is 21.3 Å². The Hall–Kier alpha value is -2.90. The van der Waals surface area contributed by atoms with E-state index in [1.54, 1.807) is 30.3 Å². The van der Waals surface area contributed by atoms with Crippen LogP contribution < -0.4 is 15.6 Å². The molecule has 1 aromatic heterocycles. The molecular weight excluding hydrogens is 464 g/mol. The van der Waals surface area contributed by atoms with Gasteiger partial charge >= 0.3 is 0 Å². The maximum atomic E-state index is 13.6. The lowest BCUT2D eigenvalue weighted by Gasteiger charge is -2.20. The summed E-state index contributed by atoms with van der Waals surface area (Å²) in [4.78, 5) is 33.4. The van der Waals surface area contributed by atoms with Crippen LogP contribution in [0.3, 0.4) is 0 Å². The van der Waals surface area contributed by atoms with Crippen LogP contribution in [-0.2, 0) is 11.3 Å². The number of benzene rings is 2. The standard InChI is InChI=1S/C27H33ClN4O3/c1-18(2)29-25(33)17-32-26(20-8-4-9-21(28)15-20)30-24-11-10-22(16-23(24)27(32)34)35-14-6-13-31-12-5-7-19(31)3/h4,8-11,15-16,18-19H,5-7,12-14,17H2,1-3H3,(H,29,33). The molecule has 0 saturated carbocycles. The third kappa shape index (κ3) is 6.21. The zero-order valence-corrected chi connectivity index (χ0v) is 21.3. The number of halogens is 1. The Morgan fingerprint density at radius 1 is 1.26 bits per heavy atom. The third-order valence-electron chi connectivity index (χ3n) is 6.31. The van der Waals surface area contributed by atoms with E-state index in [0.29, 0.717) is 45.7 Å². The van der Waals surface area contributed by atoms with Gasteiger partial charge in [0.1, 0.15) is 18.1 Å². The number of likely N-dealkylation sites (tertiary alicyclic amines) is 1. The molecule has 1 saturated heterocycles. The summed E-state index contributed by atoms with van der Waals surface area (Å²) in [5.41, 5.74) is 0.925. The van der Waals surface area contributed by atoms with Crippen LogP contribution in [0.25, 0.3) is 22.3 Å². The molecule has 0 bridgehead atoms. The molecule has 0 spiro atoms.